The summed E-state index contributed by atoms with van der Waals surface area (Å²) in [5.74, 6) is 1.25. The number of benzene rings is 1. The molecule has 5 nitrogen and oxygen atoms in total. The average molecular weight is 303 g/mol. The Morgan fingerprint density at radius 2 is 1.81 bits per heavy atom. The van der Waals surface area contributed by atoms with Crippen LogP contribution in [-0.2, 0) is 10.0 Å². The number of anilines is 1. The quantitative estimate of drug-likeness (QED) is 0.841. The van der Waals surface area contributed by atoms with Gasteiger partial charge in [0, 0.05) is 13.1 Å². The maximum absolute atomic E-state index is 11.4. The monoisotopic (exact) mass is 303 g/mol. The summed E-state index contributed by atoms with van der Waals surface area (Å²) in [6, 6.07) is 6.63. The van der Waals surface area contributed by atoms with Crippen LogP contribution in [0.3, 0.4) is 0 Å². The molecule has 1 aliphatic heterocycles. The second kappa shape index (κ2) is 5.17. The Labute approximate surface area is 124 Å². The van der Waals surface area contributed by atoms with Crippen molar-refractivity contribution in [2.45, 2.75) is 17.7 Å². The molecular formula is C15H17N3O2S. The molecule has 1 aliphatic carbocycles. The van der Waals surface area contributed by atoms with Crippen molar-refractivity contribution in [1.29, 1.82) is 5.26 Å². The molecule has 1 aromatic rings. The van der Waals surface area contributed by atoms with Crippen molar-refractivity contribution in [3.05, 3.63) is 35.9 Å². The van der Waals surface area contributed by atoms with Crippen molar-refractivity contribution in [3.8, 4) is 6.07 Å². The zero-order chi connectivity index (χ0) is 15.0. The lowest BCUT2D eigenvalue weighted by atomic mass is 9.86. The first kappa shape index (κ1) is 14.1. The van der Waals surface area contributed by atoms with E-state index in [4.69, 9.17) is 5.14 Å². The van der Waals surface area contributed by atoms with Gasteiger partial charge < -0.3 is 4.90 Å². The van der Waals surface area contributed by atoms with E-state index in [-0.39, 0.29) is 4.90 Å². The zero-order valence-electron chi connectivity index (χ0n) is 11.6. The molecule has 1 aromatic carbocycles. The average Bonchev–Trinajstić information content (AvgIpc) is 2.89. The van der Waals surface area contributed by atoms with Crippen LogP contribution in [0.25, 0.3) is 0 Å². The molecule has 0 spiro atoms. The van der Waals surface area contributed by atoms with Crippen molar-refractivity contribution in [2.24, 2.45) is 17.0 Å². The third-order valence-corrected chi connectivity index (χ3v) is 5.29. The van der Waals surface area contributed by atoms with Crippen LogP contribution in [0.2, 0.25) is 0 Å². The predicted molar refractivity (Wildman–Crippen MR) is 80.1 cm³/mol. The van der Waals surface area contributed by atoms with Crippen LogP contribution in [0.5, 0.6) is 0 Å². The van der Waals surface area contributed by atoms with Crippen LogP contribution in [0.1, 0.15) is 18.4 Å². The van der Waals surface area contributed by atoms with E-state index in [1.165, 1.54) is 12.1 Å². The van der Waals surface area contributed by atoms with Gasteiger partial charge in [-0.25, -0.2) is 13.6 Å². The van der Waals surface area contributed by atoms with Gasteiger partial charge in [0.2, 0.25) is 10.0 Å². The van der Waals surface area contributed by atoms with E-state index in [1.54, 1.807) is 6.07 Å². The number of hydrogen-bond acceptors (Lipinski definition) is 4. The minimum Gasteiger partial charge on any atom is -0.370 e. The van der Waals surface area contributed by atoms with Crippen LogP contribution in [-0.4, -0.2) is 21.5 Å². The minimum absolute atomic E-state index is 0.0129. The van der Waals surface area contributed by atoms with Gasteiger partial charge in [0.15, 0.2) is 0 Å². The van der Waals surface area contributed by atoms with E-state index < -0.39 is 10.0 Å². The summed E-state index contributed by atoms with van der Waals surface area (Å²) < 4.78 is 22.8. The molecule has 110 valence electrons. The van der Waals surface area contributed by atoms with Gasteiger partial charge in [-0.2, -0.15) is 5.26 Å². The first-order valence-electron chi connectivity index (χ1n) is 6.96. The summed E-state index contributed by atoms with van der Waals surface area (Å²) in [5.41, 5.74) is 1.17. The minimum atomic E-state index is -3.78. The Morgan fingerprint density at radius 3 is 2.33 bits per heavy atom. The molecule has 3 rings (SSSR count). The van der Waals surface area contributed by atoms with E-state index in [0.29, 0.717) is 17.4 Å². The van der Waals surface area contributed by atoms with Crippen LogP contribution >= 0.6 is 0 Å². The lowest BCUT2D eigenvalue weighted by Gasteiger charge is -2.20. The first-order valence-corrected chi connectivity index (χ1v) is 8.50. The van der Waals surface area contributed by atoms with E-state index in [0.717, 1.165) is 31.6 Å². The van der Waals surface area contributed by atoms with Gasteiger partial charge in [-0.3, -0.25) is 0 Å². The molecule has 0 bridgehead atoms. The summed E-state index contributed by atoms with van der Waals surface area (Å²) in [5, 5.41) is 14.4. The summed E-state index contributed by atoms with van der Waals surface area (Å²) in [4.78, 5) is 2.18. The number of primary sulfonamides is 1. The second-order valence-corrected chi connectivity index (χ2v) is 7.27. The summed E-state index contributed by atoms with van der Waals surface area (Å²) in [7, 11) is -3.78. The number of allylic oxidation sites excluding steroid dienone is 2. The van der Waals surface area contributed by atoms with E-state index >= 15 is 0 Å². The Morgan fingerprint density at radius 1 is 1.19 bits per heavy atom. The third-order valence-electron chi connectivity index (χ3n) is 4.38. The molecule has 1 saturated heterocycles. The SMILES string of the molecule is N#Cc1cc(S(N)(=O)=O)ccc1N1CC2CC=CCC2C1. The molecule has 0 saturated carbocycles. The molecule has 2 N–H and O–H groups in total. The lowest BCUT2D eigenvalue weighted by molar-refractivity contribution is 0.411. The number of hydrogen-bond donors (Lipinski definition) is 1. The maximum Gasteiger partial charge on any atom is 0.238 e. The molecule has 0 amide bonds. The van der Waals surface area contributed by atoms with Crippen molar-refractivity contribution in [3.63, 3.8) is 0 Å². The van der Waals surface area contributed by atoms with Crippen LogP contribution in [0.4, 0.5) is 5.69 Å². The van der Waals surface area contributed by atoms with Gasteiger partial charge in [0.05, 0.1) is 16.1 Å². The Hall–Kier alpha value is -1.84. The van der Waals surface area contributed by atoms with Gasteiger partial charge in [-0.1, -0.05) is 12.2 Å². The smallest absolute Gasteiger partial charge is 0.238 e. The molecule has 2 atom stereocenters. The highest BCUT2D eigenvalue weighted by molar-refractivity contribution is 7.89. The highest BCUT2D eigenvalue weighted by Gasteiger charge is 2.33. The number of nitrogens with zero attached hydrogens (tertiary/aromatic N) is 2. The topological polar surface area (TPSA) is 87.2 Å². The summed E-state index contributed by atoms with van der Waals surface area (Å²) in [6.07, 6.45) is 6.61. The van der Waals surface area contributed by atoms with Crippen molar-refractivity contribution >= 4 is 15.7 Å². The molecule has 2 unspecified atom stereocenters. The molecule has 1 fully saturated rings. The van der Waals surface area contributed by atoms with Crippen molar-refractivity contribution in [1.82, 2.24) is 0 Å². The van der Waals surface area contributed by atoms with E-state index in [1.807, 2.05) is 0 Å². The third kappa shape index (κ3) is 2.67. The largest absolute Gasteiger partial charge is 0.370 e. The van der Waals surface area contributed by atoms with Crippen LogP contribution < -0.4 is 10.0 Å². The summed E-state index contributed by atoms with van der Waals surface area (Å²) >= 11 is 0. The zero-order valence-corrected chi connectivity index (χ0v) is 12.4. The standard InChI is InChI=1S/C15H17N3O2S/c16-8-13-7-14(21(17,19)20)5-6-15(13)18-9-11-3-1-2-4-12(11)10-18/h1-2,5-7,11-12H,3-4,9-10H2,(H2,17,19,20). The highest BCUT2D eigenvalue weighted by Crippen LogP contribution is 2.36. The van der Waals surface area contributed by atoms with Gasteiger partial charge in [0.25, 0.3) is 0 Å². The normalized spacial score (nSPS) is 24.7. The first-order chi connectivity index (χ1) is 9.99. The Bertz CT molecular complexity index is 718. The lowest BCUT2D eigenvalue weighted by Crippen LogP contribution is -2.21. The molecule has 0 radical (unpaired) electrons. The maximum atomic E-state index is 11.4. The van der Waals surface area contributed by atoms with Crippen LogP contribution in [0.15, 0.2) is 35.2 Å². The number of sulfonamides is 1. The number of rotatable bonds is 2. The number of nitriles is 1. The fourth-order valence-electron chi connectivity index (χ4n) is 3.27. The second-order valence-electron chi connectivity index (χ2n) is 5.70. The van der Waals surface area contributed by atoms with E-state index in [2.05, 4.69) is 23.1 Å². The summed E-state index contributed by atoms with van der Waals surface area (Å²) in [6.45, 7) is 1.83. The molecule has 21 heavy (non-hydrogen) atoms. The van der Waals surface area contributed by atoms with Gasteiger partial charge in [-0.05, 0) is 42.9 Å². The van der Waals surface area contributed by atoms with Crippen molar-refractivity contribution < 1.29 is 8.42 Å². The Kier molecular flexibility index (Phi) is 3.47. The van der Waals surface area contributed by atoms with E-state index in [9.17, 15) is 13.7 Å². The predicted octanol–water partition coefficient (Wildman–Crippen LogP) is 1.61. The molecule has 0 aromatic heterocycles. The van der Waals surface area contributed by atoms with Crippen LogP contribution in [0, 0.1) is 23.2 Å². The van der Waals surface area contributed by atoms with Gasteiger partial charge in [-0.15, -0.1) is 0 Å². The molecule has 6 heteroatoms. The van der Waals surface area contributed by atoms with Crippen molar-refractivity contribution in [2.75, 3.05) is 18.0 Å². The highest BCUT2D eigenvalue weighted by atomic mass is 32.2. The number of fused-ring (bicyclic) bond motifs is 1. The molecule has 2 aliphatic rings. The fraction of sp³-hybridized carbons (Fsp3) is 0.400. The fourth-order valence-corrected chi connectivity index (χ4v) is 3.81. The molecular weight excluding hydrogens is 286 g/mol. The molecule has 1 heterocycles. The van der Waals surface area contributed by atoms with Gasteiger partial charge in [0.1, 0.15) is 6.07 Å². The van der Waals surface area contributed by atoms with Gasteiger partial charge >= 0.3 is 0 Å². The Balaban J connectivity index is 1.92. The number of nitrogens with two attached hydrogens (primary N) is 1.